The van der Waals surface area contributed by atoms with E-state index in [9.17, 15) is 27.6 Å². The number of halogens is 3. The summed E-state index contributed by atoms with van der Waals surface area (Å²) in [4.78, 5) is 20.1. The van der Waals surface area contributed by atoms with Gasteiger partial charge < -0.3 is 34.1 Å². The molecule has 0 spiro atoms. The third-order valence-electron chi connectivity index (χ3n) is 6.12. The van der Waals surface area contributed by atoms with Crippen molar-refractivity contribution in [2.75, 3.05) is 31.0 Å². The zero-order valence-electron chi connectivity index (χ0n) is 23.2. The van der Waals surface area contributed by atoms with Crippen LogP contribution in [-0.2, 0) is 37.7 Å². The first kappa shape index (κ1) is 30.8. The van der Waals surface area contributed by atoms with Crippen molar-refractivity contribution in [3.8, 4) is 5.88 Å². The van der Waals surface area contributed by atoms with Crippen LogP contribution >= 0.6 is 7.60 Å². The van der Waals surface area contributed by atoms with Gasteiger partial charge in [-0.3, -0.25) is 4.57 Å². The Hall–Kier alpha value is -4.13. The van der Waals surface area contributed by atoms with Crippen molar-refractivity contribution in [1.29, 1.82) is 0 Å². The number of esters is 1. The molecular formula is C27H29F3N5O6P. The van der Waals surface area contributed by atoms with E-state index in [-0.39, 0.29) is 53.2 Å². The number of benzene rings is 2. The molecule has 4 aromatic rings. The SMILES string of the molecule is CCOP(=O)(Cc1ccc(Nc2ncc(C(F)(F)F)c(Nc3ccc(C(=O)OC)c4cn(C)c(O)c34)n2)cc1)OCC. The van der Waals surface area contributed by atoms with Crippen molar-refractivity contribution < 1.29 is 41.4 Å². The van der Waals surface area contributed by atoms with Crippen LogP contribution in [0.15, 0.2) is 48.8 Å². The lowest BCUT2D eigenvalue weighted by Crippen LogP contribution is -2.13. The van der Waals surface area contributed by atoms with Gasteiger partial charge in [0.1, 0.15) is 11.4 Å². The average molecular weight is 608 g/mol. The second kappa shape index (κ2) is 12.4. The third-order valence-corrected chi connectivity index (χ3v) is 8.17. The maximum Gasteiger partial charge on any atom is 0.421 e. The highest BCUT2D eigenvalue weighted by Crippen LogP contribution is 2.51. The molecule has 42 heavy (non-hydrogen) atoms. The molecule has 2 heterocycles. The summed E-state index contributed by atoms with van der Waals surface area (Å²) in [5.74, 6) is -1.68. The van der Waals surface area contributed by atoms with Crippen LogP contribution in [0.3, 0.4) is 0 Å². The van der Waals surface area contributed by atoms with Gasteiger partial charge in [0.2, 0.25) is 11.8 Å². The number of carbonyl (C=O) groups excluding carboxylic acids is 1. The quantitative estimate of drug-likeness (QED) is 0.124. The van der Waals surface area contributed by atoms with Crippen LogP contribution in [0.1, 0.15) is 35.3 Å². The number of aromatic hydroxyl groups is 1. The number of aromatic nitrogens is 3. The predicted octanol–water partition coefficient (Wildman–Crippen LogP) is 6.73. The molecule has 0 aliphatic rings. The highest BCUT2D eigenvalue weighted by Gasteiger charge is 2.36. The Kier molecular flexibility index (Phi) is 9.09. The lowest BCUT2D eigenvalue weighted by atomic mass is 10.1. The number of nitrogens with zero attached hydrogens (tertiary/aromatic N) is 3. The largest absolute Gasteiger partial charge is 0.494 e. The van der Waals surface area contributed by atoms with Crippen LogP contribution < -0.4 is 10.6 Å². The normalized spacial score (nSPS) is 12.0. The summed E-state index contributed by atoms with van der Waals surface area (Å²) in [6, 6.07) is 9.33. The summed E-state index contributed by atoms with van der Waals surface area (Å²) in [5, 5.41) is 16.5. The van der Waals surface area contributed by atoms with Gasteiger partial charge in [-0.25, -0.2) is 9.78 Å². The van der Waals surface area contributed by atoms with E-state index in [1.165, 1.54) is 37.1 Å². The lowest BCUT2D eigenvalue weighted by molar-refractivity contribution is -0.137. The minimum absolute atomic E-state index is 0.0510. The van der Waals surface area contributed by atoms with Crippen molar-refractivity contribution in [3.05, 3.63) is 65.5 Å². The molecule has 224 valence electrons. The van der Waals surface area contributed by atoms with E-state index < -0.39 is 31.1 Å². The van der Waals surface area contributed by atoms with Crippen LogP contribution in [0.5, 0.6) is 5.88 Å². The molecule has 4 rings (SSSR count). The smallest absolute Gasteiger partial charge is 0.421 e. The molecule has 0 aliphatic carbocycles. The molecule has 0 bridgehead atoms. The van der Waals surface area contributed by atoms with E-state index in [0.29, 0.717) is 17.4 Å². The predicted molar refractivity (Wildman–Crippen MR) is 151 cm³/mol. The molecule has 3 N–H and O–H groups in total. The van der Waals surface area contributed by atoms with Crippen LogP contribution in [0.4, 0.5) is 36.3 Å². The summed E-state index contributed by atoms with van der Waals surface area (Å²) in [7, 11) is -0.604. The van der Waals surface area contributed by atoms with Crippen LogP contribution in [-0.4, -0.2) is 45.9 Å². The molecule has 0 radical (unpaired) electrons. The highest BCUT2D eigenvalue weighted by molar-refractivity contribution is 7.53. The van der Waals surface area contributed by atoms with Gasteiger partial charge in [-0.05, 0) is 43.7 Å². The monoisotopic (exact) mass is 607 g/mol. The Morgan fingerprint density at radius 2 is 1.74 bits per heavy atom. The van der Waals surface area contributed by atoms with Crippen LogP contribution in [0.2, 0.25) is 0 Å². The molecule has 0 saturated heterocycles. The number of nitrogens with one attached hydrogen (secondary N) is 2. The first-order valence-corrected chi connectivity index (χ1v) is 14.5. The minimum Gasteiger partial charge on any atom is -0.494 e. The van der Waals surface area contributed by atoms with Crippen molar-refractivity contribution >= 4 is 47.5 Å². The van der Waals surface area contributed by atoms with Gasteiger partial charge in [-0.1, -0.05) is 12.1 Å². The minimum atomic E-state index is -4.80. The second-order valence-electron chi connectivity index (χ2n) is 9.01. The Bertz CT molecular complexity index is 1630. The van der Waals surface area contributed by atoms with Crippen molar-refractivity contribution in [2.24, 2.45) is 7.05 Å². The number of rotatable bonds is 11. The summed E-state index contributed by atoms with van der Waals surface area (Å²) in [6.45, 7) is 3.88. The van der Waals surface area contributed by atoms with Gasteiger partial charge in [0.25, 0.3) is 0 Å². The fourth-order valence-corrected chi connectivity index (χ4v) is 5.96. The zero-order chi connectivity index (χ0) is 30.7. The molecule has 0 unspecified atom stereocenters. The number of fused-ring (bicyclic) bond motifs is 1. The van der Waals surface area contributed by atoms with E-state index in [2.05, 4.69) is 20.6 Å². The van der Waals surface area contributed by atoms with E-state index >= 15 is 0 Å². The number of carbonyl (C=O) groups is 1. The molecule has 2 aromatic heterocycles. The van der Waals surface area contributed by atoms with Crippen LogP contribution in [0, 0.1) is 0 Å². The summed E-state index contributed by atoms with van der Waals surface area (Å²) < 4.78 is 71.3. The highest BCUT2D eigenvalue weighted by atomic mass is 31.2. The number of hydrogen-bond acceptors (Lipinski definition) is 10. The molecule has 11 nitrogen and oxygen atoms in total. The van der Waals surface area contributed by atoms with Gasteiger partial charge in [-0.15, -0.1) is 0 Å². The molecule has 0 atom stereocenters. The molecule has 0 amide bonds. The van der Waals surface area contributed by atoms with Crippen LogP contribution in [0.25, 0.3) is 10.8 Å². The first-order valence-electron chi connectivity index (χ1n) is 12.7. The van der Waals surface area contributed by atoms with Crippen molar-refractivity contribution in [3.63, 3.8) is 0 Å². The molecule has 2 aromatic carbocycles. The number of alkyl halides is 3. The molecule has 0 fully saturated rings. The Morgan fingerprint density at radius 3 is 2.33 bits per heavy atom. The van der Waals surface area contributed by atoms with E-state index in [1.54, 1.807) is 38.1 Å². The molecule has 15 heteroatoms. The fraction of sp³-hybridized carbons (Fsp3) is 0.296. The van der Waals surface area contributed by atoms with Gasteiger partial charge in [0, 0.05) is 30.5 Å². The Balaban J connectivity index is 1.66. The van der Waals surface area contributed by atoms with Gasteiger partial charge in [0.15, 0.2) is 0 Å². The summed E-state index contributed by atoms with van der Waals surface area (Å²) in [5.41, 5.74) is 0.174. The average Bonchev–Trinajstić information content (AvgIpc) is 3.23. The Morgan fingerprint density at radius 1 is 1.07 bits per heavy atom. The summed E-state index contributed by atoms with van der Waals surface area (Å²) in [6.07, 6.45) is -2.65. The number of methoxy groups -OCH3 is 1. The summed E-state index contributed by atoms with van der Waals surface area (Å²) >= 11 is 0. The first-order chi connectivity index (χ1) is 19.9. The number of anilines is 4. The fourth-order valence-electron chi connectivity index (χ4n) is 4.26. The topological polar surface area (TPSA) is 137 Å². The standard InChI is InChI=1S/C27H29F3N5O6P/c1-5-40-42(38,41-6-2)15-16-7-9-17(10-8-16)32-26-31-13-20(27(28,29)30)23(34-26)33-21-12-11-18(25(37)39-4)19-14-35(3)24(36)22(19)21/h7-14,36H,5-6,15H2,1-4H3,(H2,31,32,33,34). The van der Waals surface area contributed by atoms with Crippen molar-refractivity contribution in [2.45, 2.75) is 26.2 Å². The lowest BCUT2D eigenvalue weighted by Gasteiger charge is -2.17. The van der Waals surface area contributed by atoms with Gasteiger partial charge >= 0.3 is 19.7 Å². The van der Waals surface area contributed by atoms with Crippen molar-refractivity contribution in [1.82, 2.24) is 14.5 Å². The van der Waals surface area contributed by atoms with E-state index in [4.69, 9.17) is 13.8 Å². The maximum atomic E-state index is 13.9. The van der Waals surface area contributed by atoms with E-state index in [0.717, 1.165) is 0 Å². The van der Waals surface area contributed by atoms with E-state index in [1.807, 2.05) is 0 Å². The Labute approximate surface area is 239 Å². The van der Waals surface area contributed by atoms with Gasteiger partial charge in [-0.2, -0.15) is 18.2 Å². The molecular weight excluding hydrogens is 578 g/mol. The maximum absolute atomic E-state index is 13.9. The number of aryl methyl sites for hydroxylation is 1. The zero-order valence-corrected chi connectivity index (χ0v) is 24.0. The second-order valence-corrected chi connectivity index (χ2v) is 11.1. The molecule has 0 aliphatic heterocycles. The molecule has 0 saturated carbocycles. The van der Waals surface area contributed by atoms with Gasteiger partial charge in [0.05, 0.1) is 43.1 Å². The third kappa shape index (κ3) is 6.67. The number of hydrogen-bond donors (Lipinski definition) is 3. The number of ether oxygens (including phenoxy) is 1.